The lowest BCUT2D eigenvalue weighted by atomic mass is 10.1. The summed E-state index contributed by atoms with van der Waals surface area (Å²) in [5, 5.41) is 12.2. The first-order chi connectivity index (χ1) is 9.90. The molecule has 2 N–H and O–H groups in total. The van der Waals surface area contributed by atoms with Gasteiger partial charge in [0.1, 0.15) is 5.56 Å². The molecule has 21 heavy (non-hydrogen) atoms. The van der Waals surface area contributed by atoms with Crippen LogP contribution in [-0.2, 0) is 0 Å². The van der Waals surface area contributed by atoms with Crippen molar-refractivity contribution in [2.24, 2.45) is 0 Å². The number of hydrogen-bond acceptors (Lipinski definition) is 2. The Bertz CT molecular complexity index is 729. The molecule has 0 spiro atoms. The highest BCUT2D eigenvalue weighted by molar-refractivity contribution is 6.34. The zero-order valence-corrected chi connectivity index (χ0v) is 12.5. The lowest BCUT2D eigenvalue weighted by Crippen LogP contribution is -2.16. The minimum Gasteiger partial charge on any atom is -0.478 e. The van der Waals surface area contributed by atoms with Crippen LogP contribution < -0.4 is 5.32 Å². The van der Waals surface area contributed by atoms with E-state index in [0.717, 1.165) is 5.56 Å². The number of hydrogen-bond donors (Lipinski definition) is 2. The predicted octanol–water partition coefficient (Wildman–Crippen LogP) is 4.25. The van der Waals surface area contributed by atoms with Crippen molar-refractivity contribution in [2.75, 3.05) is 5.32 Å². The second kappa shape index (κ2) is 6.16. The Hall–Kier alpha value is -2.04. The number of carboxylic acid groups (broad SMARTS) is 1. The van der Waals surface area contributed by atoms with Gasteiger partial charge in [-0.25, -0.2) is 4.79 Å². The fraction of sp³-hybridized carbons (Fsp3) is 0.0667. The number of amides is 1. The number of aryl methyl sites for hydroxylation is 1. The van der Waals surface area contributed by atoms with Crippen LogP contribution in [0.2, 0.25) is 10.0 Å². The number of rotatable bonds is 3. The fourth-order valence-corrected chi connectivity index (χ4v) is 2.30. The zero-order chi connectivity index (χ0) is 15.6. The summed E-state index contributed by atoms with van der Waals surface area (Å²) in [6, 6.07) is 9.41. The molecule has 2 rings (SSSR count). The van der Waals surface area contributed by atoms with Gasteiger partial charge >= 0.3 is 5.97 Å². The van der Waals surface area contributed by atoms with Crippen LogP contribution in [-0.4, -0.2) is 17.0 Å². The maximum absolute atomic E-state index is 12.3. The molecule has 0 atom stereocenters. The van der Waals surface area contributed by atoms with E-state index in [4.69, 9.17) is 23.2 Å². The van der Waals surface area contributed by atoms with Crippen LogP contribution in [0.4, 0.5) is 5.69 Å². The molecule has 0 fully saturated rings. The average molecular weight is 324 g/mol. The Kier molecular flexibility index (Phi) is 4.50. The Morgan fingerprint density at radius 3 is 2.52 bits per heavy atom. The van der Waals surface area contributed by atoms with Crippen LogP contribution in [0.25, 0.3) is 0 Å². The number of carbonyl (C=O) groups excluding carboxylic acids is 1. The van der Waals surface area contributed by atoms with Crippen molar-refractivity contribution in [3.05, 3.63) is 63.1 Å². The van der Waals surface area contributed by atoms with Gasteiger partial charge < -0.3 is 10.4 Å². The molecule has 0 unspecified atom stereocenters. The van der Waals surface area contributed by atoms with Crippen LogP contribution >= 0.6 is 23.2 Å². The second-order valence-electron chi connectivity index (χ2n) is 4.38. The SMILES string of the molecule is Cc1ccc(Cl)cc1C(=O)Nc1cccc(Cl)c1C(=O)O. The molecular weight excluding hydrogens is 313 g/mol. The summed E-state index contributed by atoms with van der Waals surface area (Å²) in [7, 11) is 0. The molecule has 0 saturated carbocycles. The number of carboxylic acids is 1. The number of halogens is 2. The van der Waals surface area contributed by atoms with E-state index < -0.39 is 11.9 Å². The Balaban J connectivity index is 2.39. The summed E-state index contributed by atoms with van der Waals surface area (Å²) < 4.78 is 0. The molecule has 0 aliphatic carbocycles. The summed E-state index contributed by atoms with van der Waals surface area (Å²) in [5.41, 5.74) is 1.10. The smallest absolute Gasteiger partial charge is 0.339 e. The fourth-order valence-electron chi connectivity index (χ4n) is 1.87. The van der Waals surface area contributed by atoms with E-state index in [1.54, 1.807) is 25.1 Å². The van der Waals surface area contributed by atoms with Crippen LogP contribution in [0.1, 0.15) is 26.3 Å². The summed E-state index contributed by atoms with van der Waals surface area (Å²) in [6.45, 7) is 1.77. The summed E-state index contributed by atoms with van der Waals surface area (Å²) >= 11 is 11.7. The third-order valence-corrected chi connectivity index (χ3v) is 3.47. The minimum absolute atomic E-state index is 0.0584. The maximum atomic E-state index is 12.3. The summed E-state index contributed by atoms with van der Waals surface area (Å²) in [5.74, 6) is -1.65. The van der Waals surface area contributed by atoms with Crippen molar-refractivity contribution in [1.82, 2.24) is 0 Å². The van der Waals surface area contributed by atoms with E-state index in [-0.39, 0.29) is 16.3 Å². The van der Waals surface area contributed by atoms with Gasteiger partial charge in [-0.3, -0.25) is 4.79 Å². The highest BCUT2D eigenvalue weighted by Crippen LogP contribution is 2.25. The summed E-state index contributed by atoms with van der Waals surface area (Å²) in [4.78, 5) is 23.5. The van der Waals surface area contributed by atoms with E-state index in [9.17, 15) is 14.7 Å². The maximum Gasteiger partial charge on any atom is 0.339 e. The van der Waals surface area contributed by atoms with E-state index in [2.05, 4.69) is 5.32 Å². The second-order valence-corrected chi connectivity index (χ2v) is 5.22. The molecule has 0 aromatic heterocycles. The largest absolute Gasteiger partial charge is 0.478 e. The molecule has 2 aromatic carbocycles. The van der Waals surface area contributed by atoms with Crippen molar-refractivity contribution >= 4 is 40.8 Å². The molecule has 0 aliphatic rings. The predicted molar refractivity (Wildman–Crippen MR) is 82.6 cm³/mol. The highest BCUT2D eigenvalue weighted by Gasteiger charge is 2.17. The summed E-state index contributed by atoms with van der Waals surface area (Å²) in [6.07, 6.45) is 0. The van der Waals surface area contributed by atoms with Gasteiger partial charge in [0.2, 0.25) is 0 Å². The van der Waals surface area contributed by atoms with Gasteiger partial charge in [-0.2, -0.15) is 0 Å². The van der Waals surface area contributed by atoms with Crippen LogP contribution in [0, 0.1) is 6.92 Å². The molecule has 4 nitrogen and oxygen atoms in total. The highest BCUT2D eigenvalue weighted by atomic mass is 35.5. The monoisotopic (exact) mass is 323 g/mol. The Morgan fingerprint density at radius 2 is 1.86 bits per heavy atom. The van der Waals surface area contributed by atoms with Crippen LogP contribution in [0.3, 0.4) is 0 Å². The molecule has 0 saturated heterocycles. The number of aromatic carboxylic acids is 1. The van der Waals surface area contributed by atoms with E-state index >= 15 is 0 Å². The van der Waals surface area contributed by atoms with E-state index in [1.165, 1.54) is 18.2 Å². The van der Waals surface area contributed by atoms with Crippen molar-refractivity contribution in [3.63, 3.8) is 0 Å². The van der Waals surface area contributed by atoms with Gasteiger partial charge in [-0.15, -0.1) is 0 Å². The standard InChI is InChI=1S/C15H11Cl2NO3/c1-8-5-6-9(16)7-10(8)14(19)18-12-4-2-3-11(17)13(12)15(20)21/h2-7H,1H3,(H,18,19)(H,20,21). The quantitative estimate of drug-likeness (QED) is 0.887. The number of benzene rings is 2. The van der Waals surface area contributed by atoms with Crippen LogP contribution in [0.5, 0.6) is 0 Å². The van der Waals surface area contributed by atoms with Gasteiger partial charge in [-0.05, 0) is 36.8 Å². The molecular formula is C15H11Cl2NO3. The third-order valence-electron chi connectivity index (χ3n) is 2.92. The van der Waals surface area contributed by atoms with Crippen molar-refractivity contribution in [1.29, 1.82) is 0 Å². The molecule has 1 amide bonds. The lowest BCUT2D eigenvalue weighted by Gasteiger charge is -2.11. The number of carbonyl (C=O) groups is 2. The van der Waals surface area contributed by atoms with E-state index in [0.29, 0.717) is 10.6 Å². The molecule has 0 radical (unpaired) electrons. The Morgan fingerprint density at radius 1 is 1.14 bits per heavy atom. The first-order valence-corrected chi connectivity index (χ1v) is 6.75. The zero-order valence-electron chi connectivity index (χ0n) is 11.0. The molecule has 0 heterocycles. The Labute approximate surface area is 131 Å². The minimum atomic E-state index is -1.21. The molecule has 0 bridgehead atoms. The van der Waals surface area contributed by atoms with Crippen molar-refractivity contribution in [2.45, 2.75) is 6.92 Å². The third kappa shape index (κ3) is 3.35. The lowest BCUT2D eigenvalue weighted by molar-refractivity contribution is 0.0698. The van der Waals surface area contributed by atoms with Gasteiger partial charge in [-0.1, -0.05) is 35.3 Å². The average Bonchev–Trinajstić information content (AvgIpc) is 2.41. The number of anilines is 1. The molecule has 2 aromatic rings. The van der Waals surface area contributed by atoms with Crippen LogP contribution in [0.15, 0.2) is 36.4 Å². The van der Waals surface area contributed by atoms with E-state index in [1.807, 2.05) is 0 Å². The normalized spacial score (nSPS) is 10.2. The molecule has 108 valence electrons. The van der Waals surface area contributed by atoms with Gasteiger partial charge in [0, 0.05) is 10.6 Å². The van der Waals surface area contributed by atoms with Crippen molar-refractivity contribution in [3.8, 4) is 0 Å². The molecule has 6 heteroatoms. The first-order valence-electron chi connectivity index (χ1n) is 5.99. The van der Waals surface area contributed by atoms with Crippen molar-refractivity contribution < 1.29 is 14.7 Å². The van der Waals surface area contributed by atoms with Gasteiger partial charge in [0.25, 0.3) is 5.91 Å². The van der Waals surface area contributed by atoms with Gasteiger partial charge in [0.05, 0.1) is 10.7 Å². The van der Waals surface area contributed by atoms with Gasteiger partial charge in [0.15, 0.2) is 0 Å². The number of nitrogens with one attached hydrogen (secondary N) is 1. The molecule has 0 aliphatic heterocycles. The topological polar surface area (TPSA) is 66.4 Å². The first kappa shape index (κ1) is 15.4.